The van der Waals surface area contributed by atoms with Crippen LogP contribution in [0, 0.1) is 0 Å². The minimum atomic E-state index is 0.554. The molecule has 4 heterocycles. The maximum atomic E-state index is 4.94. The lowest BCUT2D eigenvalue weighted by Gasteiger charge is -2.11. The van der Waals surface area contributed by atoms with Crippen LogP contribution in [0.5, 0.6) is 0 Å². The second-order valence-corrected chi connectivity index (χ2v) is 7.23. The molecular weight excluding hydrogens is 358 g/mol. The van der Waals surface area contributed by atoms with Crippen LogP contribution in [0.4, 0.5) is 0 Å². The number of rotatable bonds is 0. The largest absolute Gasteiger partial charge is 0.292 e. The minimum absolute atomic E-state index is 0.554. The first-order valence-electron chi connectivity index (χ1n) is 9.50. The average molecular weight is 371 g/mol. The molecule has 7 aromatic rings. The van der Waals surface area contributed by atoms with Crippen molar-refractivity contribution in [1.29, 1.82) is 0 Å². The van der Waals surface area contributed by atoms with E-state index in [9.17, 15) is 0 Å². The van der Waals surface area contributed by atoms with Gasteiger partial charge < -0.3 is 0 Å². The maximum absolute atomic E-state index is 4.94. The fourth-order valence-corrected chi connectivity index (χ4v) is 4.44. The highest BCUT2D eigenvalue weighted by atomic mass is 15.1. The topological polar surface area (TPSA) is 56.0 Å². The zero-order chi connectivity index (χ0) is 18.9. The van der Waals surface area contributed by atoms with E-state index in [2.05, 4.69) is 81.1 Å². The maximum Gasteiger partial charge on any atom is 0.199 e. The Morgan fingerprint density at radius 2 is 1.38 bits per heavy atom. The van der Waals surface area contributed by atoms with Crippen LogP contribution in [0.3, 0.4) is 0 Å². The SMILES string of the molecule is c1ccc2c(c1)ccc1c2c2nc3nccnc3nc2n2c3ccccc3cc12. The van der Waals surface area contributed by atoms with Crippen LogP contribution in [-0.2, 0) is 0 Å². The highest BCUT2D eigenvalue weighted by Gasteiger charge is 2.17. The molecule has 0 amide bonds. The van der Waals surface area contributed by atoms with Crippen LogP contribution in [0.2, 0.25) is 0 Å². The molecule has 0 unspecified atom stereocenters. The molecule has 29 heavy (non-hydrogen) atoms. The number of nitrogens with zero attached hydrogens (tertiary/aromatic N) is 5. The fraction of sp³-hybridized carbons (Fsp3) is 0. The summed E-state index contributed by atoms with van der Waals surface area (Å²) in [5.41, 5.74) is 5.00. The third-order valence-electron chi connectivity index (χ3n) is 5.67. The van der Waals surface area contributed by atoms with E-state index in [1.165, 1.54) is 16.2 Å². The second-order valence-electron chi connectivity index (χ2n) is 7.23. The molecule has 0 N–H and O–H groups in total. The molecule has 0 spiro atoms. The highest BCUT2D eigenvalue weighted by Crippen LogP contribution is 2.36. The molecular formula is C24H13N5. The van der Waals surface area contributed by atoms with E-state index in [1.807, 2.05) is 0 Å². The van der Waals surface area contributed by atoms with Crippen LogP contribution in [0.25, 0.3) is 60.4 Å². The molecule has 0 aliphatic rings. The summed E-state index contributed by atoms with van der Waals surface area (Å²) in [7, 11) is 0. The number of hydrogen-bond donors (Lipinski definition) is 0. The zero-order valence-electron chi connectivity index (χ0n) is 15.2. The molecule has 0 aliphatic carbocycles. The molecule has 4 aromatic heterocycles. The molecule has 5 heteroatoms. The van der Waals surface area contributed by atoms with Crippen LogP contribution in [0.1, 0.15) is 0 Å². The molecule has 0 radical (unpaired) electrons. The summed E-state index contributed by atoms with van der Waals surface area (Å²) in [6, 6.07) is 23.4. The van der Waals surface area contributed by atoms with Crippen molar-refractivity contribution in [2.24, 2.45) is 0 Å². The van der Waals surface area contributed by atoms with E-state index in [4.69, 9.17) is 9.97 Å². The zero-order valence-corrected chi connectivity index (χ0v) is 15.2. The van der Waals surface area contributed by atoms with Crippen LogP contribution in [0.15, 0.2) is 79.1 Å². The van der Waals surface area contributed by atoms with Crippen LogP contribution >= 0.6 is 0 Å². The smallest absolute Gasteiger partial charge is 0.199 e. The number of pyridine rings is 1. The normalized spacial score (nSPS) is 12.1. The van der Waals surface area contributed by atoms with Crippen LogP contribution in [-0.4, -0.2) is 24.3 Å². The Morgan fingerprint density at radius 3 is 2.28 bits per heavy atom. The Kier molecular flexibility index (Phi) is 2.68. The van der Waals surface area contributed by atoms with Gasteiger partial charge in [0, 0.05) is 28.6 Å². The van der Waals surface area contributed by atoms with Gasteiger partial charge >= 0.3 is 0 Å². The van der Waals surface area contributed by atoms with Gasteiger partial charge in [-0.2, -0.15) is 0 Å². The van der Waals surface area contributed by atoms with Crippen molar-refractivity contribution < 1.29 is 0 Å². The lowest BCUT2D eigenvalue weighted by Crippen LogP contribution is -1.99. The van der Waals surface area contributed by atoms with Gasteiger partial charge in [-0.15, -0.1) is 0 Å². The van der Waals surface area contributed by atoms with Crippen molar-refractivity contribution in [3.63, 3.8) is 0 Å². The number of benzene rings is 3. The lowest BCUT2D eigenvalue weighted by atomic mass is 10.0. The summed E-state index contributed by atoms with van der Waals surface area (Å²) in [5.74, 6) is 0. The Bertz CT molecular complexity index is 1760. The van der Waals surface area contributed by atoms with Gasteiger partial charge in [0.2, 0.25) is 0 Å². The molecule has 0 fully saturated rings. The molecule has 134 valence electrons. The first-order valence-corrected chi connectivity index (χ1v) is 9.50. The van der Waals surface area contributed by atoms with E-state index < -0.39 is 0 Å². The summed E-state index contributed by atoms with van der Waals surface area (Å²) in [6.07, 6.45) is 3.32. The van der Waals surface area contributed by atoms with Crippen molar-refractivity contribution >= 4 is 60.4 Å². The third-order valence-corrected chi connectivity index (χ3v) is 5.67. The minimum Gasteiger partial charge on any atom is -0.292 e. The number of hydrogen-bond acceptors (Lipinski definition) is 4. The quantitative estimate of drug-likeness (QED) is 0.269. The molecule has 5 nitrogen and oxygen atoms in total. The summed E-state index contributed by atoms with van der Waals surface area (Å²) >= 11 is 0. The number of para-hydroxylation sites is 1. The summed E-state index contributed by atoms with van der Waals surface area (Å²) in [5, 5.41) is 5.79. The van der Waals surface area contributed by atoms with E-state index in [-0.39, 0.29) is 0 Å². The summed E-state index contributed by atoms with van der Waals surface area (Å²) in [4.78, 5) is 18.6. The van der Waals surface area contributed by atoms with E-state index >= 15 is 0 Å². The monoisotopic (exact) mass is 371 g/mol. The fourth-order valence-electron chi connectivity index (χ4n) is 4.44. The molecule has 0 aliphatic heterocycles. The first kappa shape index (κ1) is 14.9. The van der Waals surface area contributed by atoms with Gasteiger partial charge in [0.05, 0.1) is 11.0 Å². The Morgan fingerprint density at radius 1 is 0.621 bits per heavy atom. The summed E-state index contributed by atoms with van der Waals surface area (Å²) < 4.78 is 2.20. The van der Waals surface area contributed by atoms with Crippen molar-refractivity contribution in [3.05, 3.63) is 79.1 Å². The third kappa shape index (κ3) is 1.88. The lowest BCUT2D eigenvalue weighted by molar-refractivity contribution is 1.17. The summed E-state index contributed by atoms with van der Waals surface area (Å²) in [6.45, 7) is 0. The van der Waals surface area contributed by atoms with E-state index in [0.717, 1.165) is 33.0 Å². The van der Waals surface area contributed by atoms with Gasteiger partial charge in [0.25, 0.3) is 0 Å². The van der Waals surface area contributed by atoms with Crippen molar-refractivity contribution in [1.82, 2.24) is 24.3 Å². The van der Waals surface area contributed by atoms with Gasteiger partial charge in [0.15, 0.2) is 16.9 Å². The standard InChI is InChI=1S/C24H13N5/c1-3-7-16-14(5-1)9-10-17-19-13-15-6-2-4-8-18(15)29(19)24-21(20(16)17)27-22-23(28-24)26-12-11-25-22/h1-13H. The van der Waals surface area contributed by atoms with E-state index in [1.54, 1.807) is 12.4 Å². The predicted octanol–water partition coefficient (Wildman–Crippen LogP) is 5.29. The Labute approximate surface area is 164 Å². The molecule has 0 atom stereocenters. The highest BCUT2D eigenvalue weighted by molar-refractivity contribution is 6.23. The number of aromatic nitrogens is 5. The van der Waals surface area contributed by atoms with Gasteiger partial charge in [-0.3, -0.25) is 4.40 Å². The van der Waals surface area contributed by atoms with Crippen molar-refractivity contribution in [3.8, 4) is 0 Å². The van der Waals surface area contributed by atoms with Gasteiger partial charge in [-0.1, -0.05) is 54.6 Å². The van der Waals surface area contributed by atoms with Gasteiger partial charge in [-0.25, -0.2) is 19.9 Å². The molecule has 7 rings (SSSR count). The van der Waals surface area contributed by atoms with Crippen LogP contribution < -0.4 is 0 Å². The first-order chi connectivity index (χ1) is 14.4. The van der Waals surface area contributed by atoms with E-state index in [0.29, 0.717) is 11.3 Å². The predicted molar refractivity (Wildman–Crippen MR) is 116 cm³/mol. The van der Waals surface area contributed by atoms with Crippen molar-refractivity contribution in [2.45, 2.75) is 0 Å². The average Bonchev–Trinajstić information content (AvgIpc) is 3.17. The molecule has 0 bridgehead atoms. The van der Waals surface area contributed by atoms with Gasteiger partial charge in [0.1, 0.15) is 5.52 Å². The molecule has 0 saturated heterocycles. The Hall–Kier alpha value is -4.12. The molecule has 0 saturated carbocycles. The number of fused-ring (bicyclic) bond motifs is 11. The Balaban J connectivity index is 1.90. The van der Waals surface area contributed by atoms with Gasteiger partial charge in [-0.05, 0) is 22.9 Å². The molecule has 3 aromatic carbocycles. The second kappa shape index (κ2) is 5.23. The van der Waals surface area contributed by atoms with Crippen molar-refractivity contribution in [2.75, 3.05) is 0 Å².